The predicted molar refractivity (Wildman–Crippen MR) is 53.9 cm³/mol. The largest absolute Gasteiger partial charge is 0.405 e. The molecule has 3 nitrogen and oxygen atoms in total. The summed E-state index contributed by atoms with van der Waals surface area (Å²) in [6.45, 7) is -2.24. The lowest BCUT2D eigenvalue weighted by Crippen LogP contribution is -2.37. The second-order valence-corrected chi connectivity index (χ2v) is 3.47. The van der Waals surface area contributed by atoms with Crippen LogP contribution in [0.15, 0.2) is 12.1 Å². The fourth-order valence-electron chi connectivity index (χ4n) is 1.10. The molecule has 1 aromatic rings. The summed E-state index contributed by atoms with van der Waals surface area (Å²) in [5.74, 6) is -5.77. The lowest BCUT2D eigenvalue weighted by Gasteiger charge is -2.10. The number of halogens is 6. The number of carbonyl (C=O) groups excluding carboxylic acids is 1. The molecule has 0 heterocycles. The van der Waals surface area contributed by atoms with E-state index in [1.807, 2.05) is 0 Å². The van der Waals surface area contributed by atoms with E-state index in [-0.39, 0.29) is 0 Å². The van der Waals surface area contributed by atoms with Gasteiger partial charge in [-0.15, -0.1) is 0 Å². The van der Waals surface area contributed by atoms with Crippen molar-refractivity contribution in [1.82, 2.24) is 5.32 Å². The van der Waals surface area contributed by atoms with Gasteiger partial charge in [0.05, 0.1) is 12.2 Å². The average molecular weight is 286 g/mol. The minimum Gasteiger partial charge on any atom is -0.374 e. The Hall–Kier alpha value is -1.93. The number of amides is 1. The fourth-order valence-corrected chi connectivity index (χ4v) is 1.10. The fraction of sp³-hybridized carbons (Fsp3) is 0.300. The summed E-state index contributed by atoms with van der Waals surface area (Å²) in [6, 6.07) is 1.44. The molecule has 0 fully saturated rings. The van der Waals surface area contributed by atoms with Gasteiger partial charge in [-0.25, -0.2) is 13.2 Å². The first-order valence-electron chi connectivity index (χ1n) is 4.91. The maximum Gasteiger partial charge on any atom is 0.405 e. The molecule has 9 heteroatoms. The van der Waals surface area contributed by atoms with Crippen molar-refractivity contribution in [3.05, 3.63) is 29.6 Å². The van der Waals surface area contributed by atoms with Crippen LogP contribution >= 0.6 is 0 Å². The van der Waals surface area contributed by atoms with Gasteiger partial charge in [0, 0.05) is 0 Å². The number of rotatable bonds is 4. The lowest BCUT2D eigenvalue weighted by molar-refractivity contribution is -0.137. The van der Waals surface area contributed by atoms with Gasteiger partial charge in [0.25, 0.3) is 0 Å². The molecule has 1 aromatic carbocycles. The van der Waals surface area contributed by atoms with Gasteiger partial charge in [-0.1, -0.05) is 0 Å². The first-order chi connectivity index (χ1) is 8.70. The Labute approximate surface area is 103 Å². The smallest absolute Gasteiger partial charge is 0.374 e. The van der Waals surface area contributed by atoms with Crippen molar-refractivity contribution in [2.75, 3.05) is 18.4 Å². The summed E-state index contributed by atoms with van der Waals surface area (Å²) in [6.07, 6.45) is -4.57. The molecule has 0 atom stereocenters. The number of carbonyl (C=O) groups is 1. The molecule has 0 unspecified atom stereocenters. The van der Waals surface area contributed by atoms with Gasteiger partial charge in [0.1, 0.15) is 6.54 Å². The molecule has 1 rings (SSSR count). The zero-order chi connectivity index (χ0) is 14.6. The minimum atomic E-state index is -4.57. The summed E-state index contributed by atoms with van der Waals surface area (Å²) in [5.41, 5.74) is -0.527. The van der Waals surface area contributed by atoms with Crippen LogP contribution in [-0.4, -0.2) is 25.2 Å². The monoisotopic (exact) mass is 286 g/mol. The summed E-state index contributed by atoms with van der Waals surface area (Å²) in [7, 11) is 0. The molecule has 0 aliphatic heterocycles. The maximum absolute atomic E-state index is 13.1. The molecular formula is C10H8F6N2O. The zero-order valence-electron chi connectivity index (χ0n) is 9.24. The molecule has 0 saturated carbocycles. The third-order valence-corrected chi connectivity index (χ3v) is 1.96. The van der Waals surface area contributed by atoms with Crippen molar-refractivity contribution in [1.29, 1.82) is 0 Å². The molecule has 0 aromatic heterocycles. The standard InChI is InChI=1S/C10H8F6N2O/c11-5-1-2-6(9(13)8(5)12)17-3-7(19)18-4-10(14,15)16/h1-2,17H,3-4H2,(H,18,19). The van der Waals surface area contributed by atoms with Crippen LogP contribution in [0.2, 0.25) is 0 Å². The molecule has 106 valence electrons. The molecule has 0 aliphatic rings. The molecular weight excluding hydrogens is 278 g/mol. The Morgan fingerprint density at radius 2 is 1.74 bits per heavy atom. The van der Waals surface area contributed by atoms with Gasteiger partial charge >= 0.3 is 6.18 Å². The second-order valence-electron chi connectivity index (χ2n) is 3.47. The maximum atomic E-state index is 13.1. The summed E-state index contributed by atoms with van der Waals surface area (Å²) >= 11 is 0. The first kappa shape index (κ1) is 15.1. The van der Waals surface area contributed by atoms with E-state index in [4.69, 9.17) is 0 Å². The SMILES string of the molecule is O=C(CNc1ccc(F)c(F)c1F)NCC(F)(F)F. The van der Waals surface area contributed by atoms with Gasteiger partial charge in [-0.3, -0.25) is 4.79 Å². The highest BCUT2D eigenvalue weighted by Gasteiger charge is 2.27. The van der Waals surface area contributed by atoms with E-state index in [0.29, 0.717) is 6.07 Å². The van der Waals surface area contributed by atoms with E-state index in [1.165, 1.54) is 5.32 Å². The van der Waals surface area contributed by atoms with E-state index in [9.17, 15) is 31.1 Å². The molecule has 0 spiro atoms. The van der Waals surface area contributed by atoms with Crippen LogP contribution in [0.1, 0.15) is 0 Å². The molecule has 0 bridgehead atoms. The van der Waals surface area contributed by atoms with Crippen LogP contribution in [0.5, 0.6) is 0 Å². The minimum absolute atomic E-state index is 0.527. The first-order valence-corrected chi connectivity index (χ1v) is 4.91. The van der Waals surface area contributed by atoms with E-state index in [0.717, 1.165) is 6.07 Å². The van der Waals surface area contributed by atoms with Crippen molar-refractivity contribution in [3.63, 3.8) is 0 Å². The number of anilines is 1. The van der Waals surface area contributed by atoms with Crippen LogP contribution in [0.25, 0.3) is 0 Å². The van der Waals surface area contributed by atoms with Gasteiger partial charge < -0.3 is 10.6 Å². The number of hydrogen-bond acceptors (Lipinski definition) is 2. The predicted octanol–water partition coefficient (Wildman–Crippen LogP) is 2.19. The van der Waals surface area contributed by atoms with Crippen molar-refractivity contribution in [2.24, 2.45) is 0 Å². The highest BCUT2D eigenvalue weighted by atomic mass is 19.4. The number of hydrogen-bond donors (Lipinski definition) is 2. The molecule has 19 heavy (non-hydrogen) atoms. The Morgan fingerprint density at radius 3 is 2.32 bits per heavy atom. The normalized spacial score (nSPS) is 11.3. The lowest BCUT2D eigenvalue weighted by atomic mass is 10.3. The number of nitrogens with one attached hydrogen (secondary N) is 2. The van der Waals surface area contributed by atoms with Crippen LogP contribution in [0.4, 0.5) is 32.0 Å². The average Bonchev–Trinajstić information content (AvgIpc) is 2.32. The van der Waals surface area contributed by atoms with E-state index in [1.54, 1.807) is 0 Å². The summed E-state index contributed by atoms with van der Waals surface area (Å²) in [4.78, 5) is 11.0. The quantitative estimate of drug-likeness (QED) is 0.658. The molecule has 0 radical (unpaired) electrons. The topological polar surface area (TPSA) is 41.1 Å². The Morgan fingerprint density at radius 1 is 1.11 bits per heavy atom. The summed E-state index contributed by atoms with van der Waals surface area (Å²) < 4.78 is 73.7. The molecule has 0 aliphatic carbocycles. The van der Waals surface area contributed by atoms with Gasteiger partial charge in [-0.05, 0) is 12.1 Å². The zero-order valence-corrected chi connectivity index (χ0v) is 9.24. The Balaban J connectivity index is 2.54. The van der Waals surface area contributed by atoms with Gasteiger partial charge in [0.2, 0.25) is 5.91 Å². The highest BCUT2D eigenvalue weighted by Crippen LogP contribution is 2.19. The molecule has 2 N–H and O–H groups in total. The Kier molecular flexibility index (Phi) is 4.62. The highest BCUT2D eigenvalue weighted by molar-refractivity contribution is 5.80. The van der Waals surface area contributed by atoms with Crippen molar-refractivity contribution in [2.45, 2.75) is 6.18 Å². The van der Waals surface area contributed by atoms with Crippen LogP contribution in [-0.2, 0) is 4.79 Å². The Bertz CT molecular complexity index is 474. The second kappa shape index (κ2) is 5.81. The third kappa shape index (κ3) is 4.68. The van der Waals surface area contributed by atoms with E-state index < -0.39 is 48.3 Å². The van der Waals surface area contributed by atoms with Crippen LogP contribution in [0.3, 0.4) is 0 Å². The van der Waals surface area contributed by atoms with Gasteiger partial charge in [0.15, 0.2) is 17.5 Å². The van der Waals surface area contributed by atoms with Crippen LogP contribution < -0.4 is 10.6 Å². The molecule has 1 amide bonds. The van der Waals surface area contributed by atoms with Crippen molar-refractivity contribution >= 4 is 11.6 Å². The van der Waals surface area contributed by atoms with E-state index in [2.05, 4.69) is 5.32 Å². The van der Waals surface area contributed by atoms with Crippen molar-refractivity contribution < 1.29 is 31.1 Å². The van der Waals surface area contributed by atoms with Crippen molar-refractivity contribution in [3.8, 4) is 0 Å². The van der Waals surface area contributed by atoms with E-state index >= 15 is 0 Å². The molecule has 0 saturated heterocycles. The summed E-state index contributed by atoms with van der Waals surface area (Å²) in [5, 5.41) is 3.58. The third-order valence-electron chi connectivity index (χ3n) is 1.96. The van der Waals surface area contributed by atoms with Gasteiger partial charge in [-0.2, -0.15) is 13.2 Å². The number of benzene rings is 1. The number of alkyl halides is 3. The van der Waals surface area contributed by atoms with Crippen LogP contribution in [0, 0.1) is 17.5 Å².